The molecule has 136 valence electrons. The number of nitrogens with zero attached hydrogens (tertiary/aromatic N) is 3. The van der Waals surface area contributed by atoms with Crippen molar-refractivity contribution in [2.45, 2.75) is 4.90 Å². The normalized spacial score (nSPS) is 14.8. The number of hydrogen-bond donors (Lipinski definition) is 1. The molecule has 0 saturated carbocycles. The molecule has 1 N–H and O–H groups in total. The van der Waals surface area contributed by atoms with Gasteiger partial charge in [-0.3, -0.25) is 0 Å². The van der Waals surface area contributed by atoms with Gasteiger partial charge in [0, 0.05) is 12.6 Å². The number of methoxy groups -OCH3 is 2. The van der Waals surface area contributed by atoms with Gasteiger partial charge in [-0.05, 0) is 42.0 Å². The van der Waals surface area contributed by atoms with E-state index in [1.807, 2.05) is 0 Å². The predicted molar refractivity (Wildman–Crippen MR) is 96.7 cm³/mol. The van der Waals surface area contributed by atoms with Gasteiger partial charge in [0.25, 0.3) is 10.0 Å². The fourth-order valence-corrected chi connectivity index (χ4v) is 3.67. The molecule has 2 aromatic rings. The van der Waals surface area contributed by atoms with Crippen LogP contribution >= 0.6 is 0 Å². The Bertz CT molecular complexity index is 1020. The van der Waals surface area contributed by atoms with Gasteiger partial charge in [-0.1, -0.05) is 0 Å². The zero-order valence-electron chi connectivity index (χ0n) is 14.4. The Hall–Kier alpha value is -3.07. The highest BCUT2D eigenvalue weighted by atomic mass is 32.2. The van der Waals surface area contributed by atoms with Gasteiger partial charge in [0.05, 0.1) is 20.4 Å². The number of aromatic hydroxyl groups is 1. The van der Waals surface area contributed by atoms with Crippen LogP contribution in [-0.2, 0) is 10.0 Å². The number of fused-ring (bicyclic) bond motifs is 1. The second-order valence-electron chi connectivity index (χ2n) is 5.45. The zero-order chi connectivity index (χ0) is 18.9. The number of benzene rings is 2. The summed E-state index contributed by atoms with van der Waals surface area (Å²) in [6.07, 6.45) is 1.51. The third-order valence-electron chi connectivity index (χ3n) is 3.80. The zero-order valence-corrected chi connectivity index (χ0v) is 15.2. The van der Waals surface area contributed by atoms with Crippen molar-refractivity contribution in [2.75, 3.05) is 21.3 Å². The molecule has 0 saturated heterocycles. The highest BCUT2D eigenvalue weighted by molar-refractivity contribution is 7.90. The monoisotopic (exact) mass is 375 g/mol. The lowest BCUT2D eigenvalue weighted by molar-refractivity contribution is 0.373. The summed E-state index contributed by atoms with van der Waals surface area (Å²) in [4.78, 5) is 0.113. The summed E-state index contributed by atoms with van der Waals surface area (Å²) in [7, 11) is 0.785. The van der Waals surface area contributed by atoms with Crippen molar-refractivity contribution in [1.82, 2.24) is 5.01 Å². The van der Waals surface area contributed by atoms with Crippen LogP contribution in [0.15, 0.2) is 50.8 Å². The molecule has 3 rings (SSSR count). The Balaban J connectivity index is 1.93. The SMILES string of the molecule is COc1ccc2c(c1)C(N(C)N=Cc1ccc(O)c(OC)c1)=NS2(=O)=O. The Kier molecular flexibility index (Phi) is 4.56. The van der Waals surface area contributed by atoms with Crippen molar-refractivity contribution in [2.24, 2.45) is 9.50 Å². The third-order valence-corrected chi connectivity index (χ3v) is 5.13. The van der Waals surface area contributed by atoms with Gasteiger partial charge in [-0.2, -0.15) is 13.5 Å². The van der Waals surface area contributed by atoms with Crippen molar-refractivity contribution in [3.63, 3.8) is 0 Å². The maximum atomic E-state index is 12.2. The van der Waals surface area contributed by atoms with Gasteiger partial charge >= 0.3 is 0 Å². The average molecular weight is 375 g/mol. The van der Waals surface area contributed by atoms with Gasteiger partial charge in [0.1, 0.15) is 10.6 Å². The number of sulfonamides is 1. The first-order valence-corrected chi connectivity index (χ1v) is 8.98. The molecule has 0 bridgehead atoms. The highest BCUT2D eigenvalue weighted by Gasteiger charge is 2.31. The van der Waals surface area contributed by atoms with Crippen LogP contribution in [0.5, 0.6) is 17.2 Å². The minimum absolute atomic E-state index is 0.0188. The molecule has 0 fully saturated rings. The van der Waals surface area contributed by atoms with Crippen molar-refractivity contribution in [3.05, 3.63) is 47.5 Å². The molecule has 9 heteroatoms. The van der Waals surface area contributed by atoms with Gasteiger partial charge in [-0.25, -0.2) is 5.01 Å². The van der Waals surface area contributed by atoms with E-state index in [1.54, 1.807) is 31.3 Å². The van der Waals surface area contributed by atoms with Crippen molar-refractivity contribution >= 4 is 22.1 Å². The minimum Gasteiger partial charge on any atom is -0.504 e. The first-order valence-electron chi connectivity index (χ1n) is 7.54. The van der Waals surface area contributed by atoms with E-state index in [1.165, 1.54) is 37.6 Å². The van der Waals surface area contributed by atoms with Gasteiger partial charge in [-0.15, -0.1) is 4.40 Å². The summed E-state index contributed by atoms with van der Waals surface area (Å²) in [5.74, 6) is 1.05. The van der Waals surface area contributed by atoms with Gasteiger partial charge in [0.2, 0.25) is 0 Å². The van der Waals surface area contributed by atoms with Crippen molar-refractivity contribution < 1.29 is 23.0 Å². The van der Waals surface area contributed by atoms with E-state index in [9.17, 15) is 13.5 Å². The third kappa shape index (κ3) is 3.21. The molecule has 0 unspecified atom stereocenters. The quantitative estimate of drug-likeness (QED) is 0.646. The lowest BCUT2D eigenvalue weighted by Gasteiger charge is -2.13. The Morgan fingerprint density at radius 3 is 2.62 bits per heavy atom. The molecule has 8 nitrogen and oxygen atoms in total. The summed E-state index contributed by atoms with van der Waals surface area (Å²) in [6.45, 7) is 0. The summed E-state index contributed by atoms with van der Waals surface area (Å²) in [5, 5.41) is 15.2. The summed E-state index contributed by atoms with van der Waals surface area (Å²) in [5.41, 5.74) is 1.09. The predicted octanol–water partition coefficient (Wildman–Crippen LogP) is 1.82. The molecule has 0 atom stereocenters. The second-order valence-corrected chi connectivity index (χ2v) is 7.02. The van der Waals surface area contributed by atoms with E-state index in [0.29, 0.717) is 22.6 Å². The molecule has 0 radical (unpaired) electrons. The van der Waals surface area contributed by atoms with E-state index in [2.05, 4.69) is 9.50 Å². The molecule has 2 aromatic carbocycles. The molecule has 0 amide bonds. The Morgan fingerprint density at radius 2 is 1.92 bits per heavy atom. The van der Waals surface area contributed by atoms with Crippen LogP contribution in [0, 0.1) is 0 Å². The average Bonchev–Trinajstić information content (AvgIpc) is 2.91. The molecule has 0 aromatic heterocycles. The largest absolute Gasteiger partial charge is 0.504 e. The summed E-state index contributed by atoms with van der Waals surface area (Å²) in [6, 6.07) is 9.38. The maximum Gasteiger partial charge on any atom is 0.285 e. The van der Waals surface area contributed by atoms with Crippen LogP contribution < -0.4 is 9.47 Å². The Labute approximate surface area is 151 Å². The van der Waals surface area contributed by atoms with E-state index < -0.39 is 10.0 Å². The molecule has 1 aliphatic heterocycles. The molecule has 0 aliphatic carbocycles. The van der Waals surface area contributed by atoms with E-state index in [-0.39, 0.29) is 16.5 Å². The van der Waals surface area contributed by atoms with Gasteiger partial charge < -0.3 is 14.6 Å². The van der Waals surface area contributed by atoms with E-state index in [0.717, 1.165) is 0 Å². The molecular formula is C17H17N3O5S. The number of amidine groups is 1. The molecule has 1 heterocycles. The van der Waals surface area contributed by atoms with Crippen molar-refractivity contribution in [3.8, 4) is 17.2 Å². The van der Waals surface area contributed by atoms with Gasteiger partial charge in [0.15, 0.2) is 17.3 Å². The topological polar surface area (TPSA) is 101 Å². The first-order chi connectivity index (χ1) is 12.4. The first kappa shape index (κ1) is 17.7. The number of hydrazone groups is 1. The number of phenolic OH excluding ortho intramolecular Hbond substituents is 1. The van der Waals surface area contributed by atoms with Crippen LogP contribution in [0.3, 0.4) is 0 Å². The summed E-state index contributed by atoms with van der Waals surface area (Å²) >= 11 is 0. The number of rotatable bonds is 4. The van der Waals surface area contributed by atoms with E-state index in [4.69, 9.17) is 9.47 Å². The van der Waals surface area contributed by atoms with Crippen LogP contribution in [-0.4, -0.2) is 51.9 Å². The number of hydrogen-bond acceptors (Lipinski definition) is 7. The molecule has 0 spiro atoms. The Morgan fingerprint density at radius 1 is 1.15 bits per heavy atom. The lowest BCUT2D eigenvalue weighted by atomic mass is 10.2. The van der Waals surface area contributed by atoms with Crippen LogP contribution in [0.25, 0.3) is 0 Å². The molecule has 1 aliphatic rings. The highest BCUT2D eigenvalue weighted by Crippen LogP contribution is 2.30. The number of phenols is 1. The second kappa shape index (κ2) is 6.68. The minimum atomic E-state index is -3.76. The van der Waals surface area contributed by atoms with Crippen molar-refractivity contribution in [1.29, 1.82) is 0 Å². The maximum absolute atomic E-state index is 12.2. The van der Waals surface area contributed by atoms with E-state index >= 15 is 0 Å². The van der Waals surface area contributed by atoms with Crippen LogP contribution in [0.1, 0.15) is 11.1 Å². The van der Waals surface area contributed by atoms with Crippen LogP contribution in [0.4, 0.5) is 0 Å². The fourth-order valence-electron chi connectivity index (χ4n) is 2.46. The standard InChI is InChI=1S/C17H17N3O5S/c1-20(18-10-11-4-6-14(21)15(8-11)25-3)17-13-9-12(24-2)5-7-16(13)26(22,23)19-17/h4-10,21H,1-3H3. The smallest absolute Gasteiger partial charge is 0.285 e. The molecule has 26 heavy (non-hydrogen) atoms. The van der Waals surface area contributed by atoms with Crippen LogP contribution in [0.2, 0.25) is 0 Å². The fraction of sp³-hybridized carbons (Fsp3) is 0.176. The molecular weight excluding hydrogens is 358 g/mol. The lowest BCUT2D eigenvalue weighted by Crippen LogP contribution is -2.21. The summed E-state index contributed by atoms with van der Waals surface area (Å²) < 4.78 is 38.4. The number of ether oxygens (including phenoxy) is 2.